The molecule has 0 saturated carbocycles. The van der Waals surface area contributed by atoms with Crippen molar-refractivity contribution in [3.05, 3.63) is 109 Å². The summed E-state index contributed by atoms with van der Waals surface area (Å²) in [6.07, 6.45) is 3.78. The van der Waals surface area contributed by atoms with Crippen molar-refractivity contribution in [1.29, 1.82) is 0 Å². The van der Waals surface area contributed by atoms with Crippen LogP contribution in [0.3, 0.4) is 0 Å². The van der Waals surface area contributed by atoms with Gasteiger partial charge in [0.25, 0.3) is 0 Å². The predicted octanol–water partition coefficient (Wildman–Crippen LogP) is 7.65. The van der Waals surface area contributed by atoms with Gasteiger partial charge in [0.1, 0.15) is 11.5 Å². The molecular formula is C30H23ClN2O2Pt. The van der Waals surface area contributed by atoms with Crippen LogP contribution in [0.5, 0.6) is 11.5 Å². The van der Waals surface area contributed by atoms with Gasteiger partial charge in [0.2, 0.25) is 0 Å². The van der Waals surface area contributed by atoms with Crippen LogP contribution in [0.25, 0.3) is 44.8 Å². The van der Waals surface area contributed by atoms with Crippen LogP contribution in [-0.4, -0.2) is 24.2 Å². The zero-order valence-corrected chi connectivity index (χ0v) is 22.7. The Hall–Kier alpha value is -3.46. The molecular weight excluding hydrogens is 651 g/mol. The van der Waals surface area contributed by atoms with E-state index in [0.717, 1.165) is 56.3 Å². The molecule has 0 N–H and O–H groups in total. The van der Waals surface area contributed by atoms with Gasteiger partial charge in [-0.2, -0.15) is 0 Å². The summed E-state index contributed by atoms with van der Waals surface area (Å²) in [7, 11) is 7.95. The van der Waals surface area contributed by atoms with Gasteiger partial charge in [0, 0.05) is 23.8 Å². The van der Waals surface area contributed by atoms with Crippen molar-refractivity contribution < 1.29 is 28.2 Å². The number of hydrogen-bond donors (Lipinski definition) is 0. The monoisotopic (exact) mass is 673 g/mol. The van der Waals surface area contributed by atoms with E-state index in [2.05, 4.69) is 37.6 Å². The maximum atomic E-state index is 5.24. The average molecular weight is 674 g/mol. The third-order valence-corrected chi connectivity index (χ3v) is 5.72. The van der Waals surface area contributed by atoms with Gasteiger partial charge in [0.05, 0.1) is 14.2 Å². The molecule has 0 aliphatic rings. The summed E-state index contributed by atoms with van der Waals surface area (Å²) >= 11 is 1.61. The van der Waals surface area contributed by atoms with E-state index in [1.54, 1.807) is 33.0 Å². The SMILES string of the molecule is COc1ccc(-c2ccc(-c3[c-]c(-c4ccc(-c5ccc(OC)cc5)cn4)ccc3)nc2)cc1.[Cl][Pt+]. The molecule has 3 aromatic carbocycles. The summed E-state index contributed by atoms with van der Waals surface area (Å²) in [6.45, 7) is 0. The van der Waals surface area contributed by atoms with Gasteiger partial charge in [-0.25, -0.2) is 0 Å². The molecule has 4 nitrogen and oxygen atoms in total. The minimum absolute atomic E-state index is 0.838. The number of benzene rings is 3. The van der Waals surface area contributed by atoms with E-state index < -0.39 is 0 Å². The molecule has 0 aliphatic carbocycles. The summed E-state index contributed by atoms with van der Waals surface area (Å²) in [4.78, 5) is 9.35. The summed E-state index contributed by atoms with van der Waals surface area (Å²) in [6, 6.07) is 33.6. The molecule has 182 valence electrons. The number of nitrogens with zero attached hydrogens (tertiary/aromatic N) is 2. The molecule has 5 aromatic rings. The van der Waals surface area contributed by atoms with Crippen LogP contribution in [0.2, 0.25) is 0 Å². The van der Waals surface area contributed by atoms with Gasteiger partial charge in [-0.15, -0.1) is 24.3 Å². The summed E-state index contributed by atoms with van der Waals surface area (Å²) in [5.74, 6) is 1.68. The maximum absolute atomic E-state index is 5.24. The Morgan fingerprint density at radius 2 is 0.944 bits per heavy atom. The van der Waals surface area contributed by atoms with Crippen LogP contribution in [-0.2, 0) is 18.8 Å². The molecule has 0 saturated heterocycles. The molecule has 5 rings (SSSR count). The second kappa shape index (κ2) is 12.5. The van der Waals surface area contributed by atoms with E-state index in [-0.39, 0.29) is 0 Å². The molecule has 0 amide bonds. The van der Waals surface area contributed by atoms with Crippen LogP contribution in [0, 0.1) is 6.07 Å². The molecule has 0 fully saturated rings. The molecule has 2 heterocycles. The normalized spacial score (nSPS) is 10.2. The Kier molecular flexibility index (Phi) is 8.89. The van der Waals surface area contributed by atoms with Gasteiger partial charge in [-0.1, -0.05) is 59.7 Å². The molecule has 0 bridgehead atoms. The fraction of sp³-hybridized carbons (Fsp3) is 0.0667. The summed E-state index contributed by atoms with van der Waals surface area (Å²) in [5.41, 5.74) is 7.90. The first kappa shape index (κ1) is 25.6. The first-order valence-corrected chi connectivity index (χ1v) is 13.9. The number of ether oxygens (including phenoxy) is 2. The van der Waals surface area contributed by atoms with Crippen molar-refractivity contribution >= 4 is 9.42 Å². The molecule has 0 radical (unpaired) electrons. The molecule has 0 atom stereocenters. The van der Waals surface area contributed by atoms with E-state index in [9.17, 15) is 0 Å². The van der Waals surface area contributed by atoms with Crippen LogP contribution in [0.4, 0.5) is 0 Å². The Morgan fingerprint density at radius 1 is 0.556 bits per heavy atom. The second-order valence-corrected chi connectivity index (χ2v) is 7.80. The Morgan fingerprint density at radius 3 is 1.28 bits per heavy atom. The average Bonchev–Trinajstić information content (AvgIpc) is 2.98. The zero-order chi connectivity index (χ0) is 25.3. The topological polar surface area (TPSA) is 44.2 Å². The van der Waals surface area contributed by atoms with Crippen LogP contribution in [0.1, 0.15) is 0 Å². The third-order valence-electron chi connectivity index (χ3n) is 5.72. The first-order chi connectivity index (χ1) is 17.7. The molecule has 6 heteroatoms. The number of hydrogen-bond acceptors (Lipinski definition) is 4. The zero-order valence-electron chi connectivity index (χ0n) is 19.7. The van der Waals surface area contributed by atoms with Crippen molar-refractivity contribution in [2.24, 2.45) is 0 Å². The van der Waals surface area contributed by atoms with E-state index in [4.69, 9.17) is 9.47 Å². The van der Waals surface area contributed by atoms with Gasteiger partial charge in [-0.05, 0) is 46.5 Å². The van der Waals surface area contributed by atoms with E-state index in [1.807, 2.05) is 91.3 Å². The Bertz CT molecular complexity index is 1280. The number of rotatable bonds is 6. The summed E-state index contributed by atoms with van der Waals surface area (Å²) in [5, 5.41) is 0. The van der Waals surface area contributed by atoms with Crippen molar-refractivity contribution in [2.75, 3.05) is 14.2 Å². The van der Waals surface area contributed by atoms with E-state index in [0.29, 0.717) is 0 Å². The fourth-order valence-corrected chi connectivity index (χ4v) is 3.78. The second-order valence-electron chi connectivity index (χ2n) is 7.80. The molecule has 2 aromatic heterocycles. The molecule has 36 heavy (non-hydrogen) atoms. The molecule has 0 aliphatic heterocycles. The van der Waals surface area contributed by atoms with E-state index in [1.165, 1.54) is 0 Å². The van der Waals surface area contributed by atoms with Gasteiger partial charge in [0.15, 0.2) is 0 Å². The third kappa shape index (κ3) is 6.02. The number of pyridine rings is 2. The molecule has 0 unspecified atom stereocenters. The summed E-state index contributed by atoms with van der Waals surface area (Å²) < 4.78 is 10.5. The molecule has 0 spiro atoms. The number of aromatic nitrogens is 2. The number of halogens is 1. The van der Waals surface area contributed by atoms with Gasteiger partial charge in [-0.3, -0.25) is 9.97 Å². The van der Waals surface area contributed by atoms with E-state index >= 15 is 0 Å². The first-order valence-electron chi connectivity index (χ1n) is 11.1. The Labute approximate surface area is 226 Å². The standard InChI is InChI=1S/C30H23N2O2.ClH.Pt/c1-33-27-12-6-21(7-13-27)25-10-16-29(31-19-25)23-4-3-5-24(18-23)30-17-11-26(20-32-30)22-8-14-28(34-2)15-9-22;;/h3-17,19-20H,1-2H3;1H;/q-1;;+2/p-1. The fourth-order valence-electron chi connectivity index (χ4n) is 3.78. The minimum atomic E-state index is 0.838. The quantitative estimate of drug-likeness (QED) is 0.174. The van der Waals surface area contributed by atoms with Crippen molar-refractivity contribution in [3.8, 4) is 56.3 Å². The van der Waals surface area contributed by atoms with Crippen LogP contribution >= 0.6 is 9.42 Å². The van der Waals surface area contributed by atoms with Crippen molar-refractivity contribution in [2.45, 2.75) is 0 Å². The van der Waals surface area contributed by atoms with Crippen molar-refractivity contribution in [1.82, 2.24) is 9.97 Å². The van der Waals surface area contributed by atoms with Crippen LogP contribution in [0.15, 0.2) is 103 Å². The predicted molar refractivity (Wildman–Crippen MR) is 142 cm³/mol. The van der Waals surface area contributed by atoms with Gasteiger partial charge < -0.3 is 9.47 Å². The van der Waals surface area contributed by atoms with Crippen molar-refractivity contribution in [3.63, 3.8) is 0 Å². The Balaban J connectivity index is 0.00000148. The van der Waals surface area contributed by atoms with Gasteiger partial charge >= 0.3 is 28.2 Å². The van der Waals surface area contributed by atoms with Crippen LogP contribution < -0.4 is 9.47 Å². The number of methoxy groups -OCH3 is 2.